The monoisotopic (exact) mass is 278 g/mol. The first kappa shape index (κ1) is 16.0. The highest BCUT2D eigenvalue weighted by Gasteiger charge is 2.04. The Balaban J connectivity index is 2.22. The Labute approximate surface area is 119 Å². The van der Waals surface area contributed by atoms with E-state index in [1.165, 1.54) is 0 Å². The average Bonchev–Trinajstić information content (AvgIpc) is 2.43. The van der Waals surface area contributed by atoms with E-state index < -0.39 is 5.97 Å². The van der Waals surface area contributed by atoms with E-state index in [2.05, 4.69) is 10.6 Å². The molecule has 0 saturated carbocycles. The van der Waals surface area contributed by atoms with Crippen LogP contribution in [0, 0.1) is 0 Å². The molecule has 0 unspecified atom stereocenters. The van der Waals surface area contributed by atoms with Crippen molar-refractivity contribution in [3.63, 3.8) is 0 Å². The molecule has 0 atom stereocenters. The Morgan fingerprint density at radius 3 is 2.60 bits per heavy atom. The van der Waals surface area contributed by atoms with Crippen LogP contribution in [0.5, 0.6) is 0 Å². The van der Waals surface area contributed by atoms with Crippen LogP contribution in [0.15, 0.2) is 24.3 Å². The van der Waals surface area contributed by atoms with Crippen LogP contribution >= 0.6 is 0 Å². The molecule has 0 aliphatic heterocycles. The number of benzene rings is 1. The number of amides is 2. The van der Waals surface area contributed by atoms with Crippen LogP contribution in [0.4, 0.5) is 10.5 Å². The second-order valence-electron chi connectivity index (χ2n) is 4.60. The van der Waals surface area contributed by atoms with Crippen LogP contribution in [0.3, 0.4) is 0 Å². The number of aliphatic carboxylic acids is 1. The van der Waals surface area contributed by atoms with E-state index >= 15 is 0 Å². The summed E-state index contributed by atoms with van der Waals surface area (Å²) in [5.74, 6) is -0.771. The quantitative estimate of drug-likeness (QED) is 0.640. The molecule has 0 radical (unpaired) electrons. The molecule has 0 aliphatic rings. The molecule has 110 valence electrons. The SMILES string of the molecule is CCc1ccccc1NC(=O)NCCCCCC(=O)O. The van der Waals surface area contributed by atoms with E-state index in [0.717, 1.165) is 30.5 Å². The fourth-order valence-electron chi connectivity index (χ4n) is 1.90. The lowest BCUT2D eigenvalue weighted by Gasteiger charge is -2.10. The molecule has 0 spiro atoms. The minimum absolute atomic E-state index is 0.191. The molecule has 20 heavy (non-hydrogen) atoms. The first-order valence-electron chi connectivity index (χ1n) is 6.98. The number of carbonyl (C=O) groups excluding carboxylic acids is 1. The summed E-state index contributed by atoms with van der Waals surface area (Å²) in [6.45, 7) is 2.60. The van der Waals surface area contributed by atoms with Gasteiger partial charge in [0.1, 0.15) is 0 Å². The van der Waals surface area contributed by atoms with E-state index in [1.54, 1.807) is 0 Å². The summed E-state index contributed by atoms with van der Waals surface area (Å²) in [5, 5.41) is 14.1. The lowest BCUT2D eigenvalue weighted by atomic mass is 10.1. The normalized spacial score (nSPS) is 10.1. The molecular weight excluding hydrogens is 256 g/mol. The molecule has 1 rings (SSSR count). The van der Waals surface area contributed by atoms with Crippen molar-refractivity contribution in [2.75, 3.05) is 11.9 Å². The number of aryl methyl sites for hydroxylation is 1. The van der Waals surface area contributed by atoms with Crippen molar-refractivity contribution in [1.82, 2.24) is 5.32 Å². The molecule has 1 aromatic rings. The Morgan fingerprint density at radius 1 is 1.15 bits per heavy atom. The van der Waals surface area contributed by atoms with Crippen LogP contribution in [0.1, 0.15) is 38.2 Å². The van der Waals surface area contributed by atoms with Gasteiger partial charge in [-0.05, 0) is 30.9 Å². The van der Waals surface area contributed by atoms with Crippen molar-refractivity contribution < 1.29 is 14.7 Å². The third-order valence-electron chi connectivity index (χ3n) is 3.00. The van der Waals surface area contributed by atoms with Gasteiger partial charge in [0.15, 0.2) is 0 Å². The van der Waals surface area contributed by atoms with Crippen molar-refractivity contribution in [1.29, 1.82) is 0 Å². The predicted molar refractivity (Wildman–Crippen MR) is 78.9 cm³/mol. The number of anilines is 1. The van der Waals surface area contributed by atoms with Crippen LogP contribution in [0.25, 0.3) is 0 Å². The van der Waals surface area contributed by atoms with Crippen LogP contribution in [0.2, 0.25) is 0 Å². The fraction of sp³-hybridized carbons (Fsp3) is 0.467. The number of hydrogen-bond acceptors (Lipinski definition) is 2. The van der Waals surface area contributed by atoms with Gasteiger partial charge in [-0.15, -0.1) is 0 Å². The van der Waals surface area contributed by atoms with E-state index in [4.69, 9.17) is 5.11 Å². The zero-order valence-electron chi connectivity index (χ0n) is 11.8. The molecule has 0 saturated heterocycles. The number of hydrogen-bond donors (Lipinski definition) is 3. The van der Waals surface area contributed by atoms with Crippen molar-refractivity contribution in [2.24, 2.45) is 0 Å². The highest BCUT2D eigenvalue weighted by Crippen LogP contribution is 2.14. The number of carboxylic acid groups (broad SMARTS) is 1. The Morgan fingerprint density at radius 2 is 1.90 bits per heavy atom. The zero-order valence-corrected chi connectivity index (χ0v) is 11.8. The highest BCUT2D eigenvalue weighted by atomic mass is 16.4. The van der Waals surface area contributed by atoms with Gasteiger partial charge < -0.3 is 15.7 Å². The molecule has 2 amide bonds. The third-order valence-corrected chi connectivity index (χ3v) is 3.00. The number of carboxylic acids is 1. The first-order valence-corrected chi connectivity index (χ1v) is 6.98. The standard InChI is InChI=1S/C15H22N2O3/c1-2-12-8-5-6-9-13(12)17-15(20)16-11-7-3-4-10-14(18)19/h5-6,8-9H,2-4,7,10-11H2,1H3,(H,18,19)(H2,16,17,20). The summed E-state index contributed by atoms with van der Waals surface area (Å²) < 4.78 is 0. The summed E-state index contributed by atoms with van der Waals surface area (Å²) in [6, 6.07) is 7.49. The van der Waals surface area contributed by atoms with E-state index in [9.17, 15) is 9.59 Å². The maximum atomic E-state index is 11.7. The summed E-state index contributed by atoms with van der Waals surface area (Å²) in [7, 11) is 0. The number of urea groups is 1. The van der Waals surface area contributed by atoms with Gasteiger partial charge in [-0.3, -0.25) is 4.79 Å². The minimum Gasteiger partial charge on any atom is -0.481 e. The summed E-state index contributed by atoms with van der Waals surface area (Å²) >= 11 is 0. The molecular formula is C15H22N2O3. The Kier molecular flexibility index (Phi) is 7.17. The summed E-state index contributed by atoms with van der Waals surface area (Å²) in [5.41, 5.74) is 1.93. The number of carbonyl (C=O) groups is 2. The van der Waals surface area contributed by atoms with Gasteiger partial charge >= 0.3 is 12.0 Å². The maximum Gasteiger partial charge on any atom is 0.319 e. The van der Waals surface area contributed by atoms with Crippen molar-refractivity contribution in [3.05, 3.63) is 29.8 Å². The van der Waals surface area contributed by atoms with E-state index in [-0.39, 0.29) is 12.5 Å². The van der Waals surface area contributed by atoms with Gasteiger partial charge in [0.25, 0.3) is 0 Å². The van der Waals surface area contributed by atoms with Crippen LogP contribution in [-0.4, -0.2) is 23.7 Å². The second-order valence-corrected chi connectivity index (χ2v) is 4.60. The highest BCUT2D eigenvalue weighted by molar-refractivity contribution is 5.90. The first-order chi connectivity index (χ1) is 9.63. The van der Waals surface area contributed by atoms with Gasteiger partial charge in [-0.1, -0.05) is 31.5 Å². The molecule has 5 nitrogen and oxygen atoms in total. The molecule has 0 aromatic heterocycles. The molecule has 0 aliphatic carbocycles. The van der Waals surface area contributed by atoms with Crippen molar-refractivity contribution in [2.45, 2.75) is 39.0 Å². The fourth-order valence-corrected chi connectivity index (χ4v) is 1.90. The topological polar surface area (TPSA) is 78.4 Å². The van der Waals surface area contributed by atoms with Crippen LogP contribution < -0.4 is 10.6 Å². The number of para-hydroxylation sites is 1. The van der Waals surface area contributed by atoms with E-state index in [0.29, 0.717) is 13.0 Å². The third kappa shape index (κ3) is 6.22. The largest absolute Gasteiger partial charge is 0.481 e. The summed E-state index contributed by atoms with van der Waals surface area (Å²) in [4.78, 5) is 22.0. The smallest absolute Gasteiger partial charge is 0.319 e. The molecule has 0 fully saturated rings. The molecule has 1 aromatic carbocycles. The molecule has 0 heterocycles. The Bertz CT molecular complexity index is 446. The lowest BCUT2D eigenvalue weighted by Crippen LogP contribution is -2.29. The van der Waals surface area contributed by atoms with Crippen molar-refractivity contribution in [3.8, 4) is 0 Å². The van der Waals surface area contributed by atoms with Gasteiger partial charge in [0, 0.05) is 18.7 Å². The van der Waals surface area contributed by atoms with E-state index in [1.807, 2.05) is 31.2 Å². The van der Waals surface area contributed by atoms with Crippen LogP contribution in [-0.2, 0) is 11.2 Å². The van der Waals surface area contributed by atoms with Crippen molar-refractivity contribution >= 4 is 17.7 Å². The average molecular weight is 278 g/mol. The van der Waals surface area contributed by atoms with Gasteiger partial charge in [0.2, 0.25) is 0 Å². The second kappa shape index (κ2) is 8.96. The number of unbranched alkanes of at least 4 members (excludes halogenated alkanes) is 2. The summed E-state index contributed by atoms with van der Waals surface area (Å²) in [6.07, 6.45) is 3.30. The Hall–Kier alpha value is -2.04. The van der Waals surface area contributed by atoms with Gasteiger partial charge in [-0.2, -0.15) is 0 Å². The number of rotatable bonds is 8. The lowest BCUT2D eigenvalue weighted by molar-refractivity contribution is -0.137. The molecule has 0 bridgehead atoms. The zero-order chi connectivity index (χ0) is 14.8. The molecule has 5 heteroatoms. The molecule has 3 N–H and O–H groups in total. The maximum absolute atomic E-state index is 11.7. The minimum atomic E-state index is -0.771. The van der Waals surface area contributed by atoms with Gasteiger partial charge in [0.05, 0.1) is 0 Å². The predicted octanol–water partition coefficient (Wildman–Crippen LogP) is 3.02. The number of nitrogens with one attached hydrogen (secondary N) is 2. The van der Waals surface area contributed by atoms with Gasteiger partial charge in [-0.25, -0.2) is 4.79 Å².